The minimum atomic E-state index is -0.819. The molecule has 0 atom stereocenters. The Balaban J connectivity index is 1.60. The van der Waals surface area contributed by atoms with E-state index in [9.17, 15) is 18.4 Å². The largest absolute Gasteiger partial charge is 0.497 e. The molecule has 1 amide bonds. The molecule has 0 saturated carbocycles. The molecule has 7 heteroatoms. The highest BCUT2D eigenvalue weighted by Gasteiger charge is 2.14. The molecule has 0 saturated heterocycles. The summed E-state index contributed by atoms with van der Waals surface area (Å²) in [6.45, 7) is 0. The number of anilines is 1. The van der Waals surface area contributed by atoms with Crippen molar-refractivity contribution in [3.05, 3.63) is 94.2 Å². The Morgan fingerprint density at radius 3 is 2.47 bits per heavy atom. The van der Waals surface area contributed by atoms with Crippen molar-refractivity contribution in [2.75, 3.05) is 12.4 Å². The summed E-state index contributed by atoms with van der Waals surface area (Å²) in [7, 11) is 1.51. The van der Waals surface area contributed by atoms with Gasteiger partial charge in [0, 0.05) is 17.3 Å². The Bertz CT molecular complexity index is 1310. The molecule has 0 aliphatic carbocycles. The second kappa shape index (κ2) is 7.79. The number of carbonyl (C=O) groups is 1. The van der Waals surface area contributed by atoms with Gasteiger partial charge in [-0.1, -0.05) is 0 Å². The van der Waals surface area contributed by atoms with Gasteiger partial charge in [-0.2, -0.15) is 0 Å². The first-order valence-electron chi connectivity index (χ1n) is 8.93. The molecule has 0 fully saturated rings. The maximum Gasteiger partial charge on any atom is 0.258 e. The first-order valence-corrected chi connectivity index (χ1v) is 8.93. The van der Waals surface area contributed by atoms with Gasteiger partial charge in [-0.15, -0.1) is 0 Å². The molecule has 3 aromatic carbocycles. The second-order valence-corrected chi connectivity index (χ2v) is 6.49. The van der Waals surface area contributed by atoms with Crippen molar-refractivity contribution in [1.82, 2.24) is 0 Å². The second-order valence-electron chi connectivity index (χ2n) is 6.49. The fraction of sp³-hybridized carbons (Fsp3) is 0.0435. The average Bonchev–Trinajstić information content (AvgIpc) is 2.75. The number of halogens is 2. The van der Waals surface area contributed by atoms with E-state index in [4.69, 9.17) is 9.15 Å². The third-order valence-electron chi connectivity index (χ3n) is 4.53. The number of nitrogens with one attached hydrogen (secondary N) is 1. The molecule has 4 aromatic rings. The molecule has 1 heterocycles. The molecule has 0 radical (unpaired) electrons. The van der Waals surface area contributed by atoms with E-state index in [2.05, 4.69) is 5.32 Å². The van der Waals surface area contributed by atoms with Crippen LogP contribution in [0.2, 0.25) is 0 Å². The maximum absolute atomic E-state index is 13.7. The van der Waals surface area contributed by atoms with Gasteiger partial charge in [0.25, 0.3) is 5.91 Å². The van der Waals surface area contributed by atoms with Gasteiger partial charge in [0.15, 0.2) is 5.43 Å². The molecule has 4 rings (SSSR count). The normalized spacial score (nSPS) is 10.8. The summed E-state index contributed by atoms with van der Waals surface area (Å²) in [4.78, 5) is 24.6. The van der Waals surface area contributed by atoms with Crippen LogP contribution >= 0.6 is 0 Å². The van der Waals surface area contributed by atoms with E-state index >= 15 is 0 Å². The third-order valence-corrected chi connectivity index (χ3v) is 4.53. The number of ether oxygens (including phenoxy) is 1. The summed E-state index contributed by atoms with van der Waals surface area (Å²) in [5.41, 5.74) is 0.788. The molecular formula is C23H15F2NO4. The van der Waals surface area contributed by atoms with E-state index < -0.39 is 23.1 Å². The Labute approximate surface area is 169 Å². The number of fused-ring (bicyclic) bond motifs is 1. The Hall–Kier alpha value is -4.00. The van der Waals surface area contributed by atoms with E-state index in [0.717, 1.165) is 18.2 Å². The van der Waals surface area contributed by atoms with Gasteiger partial charge < -0.3 is 14.5 Å². The topological polar surface area (TPSA) is 68.5 Å². The van der Waals surface area contributed by atoms with E-state index in [1.54, 1.807) is 42.5 Å². The van der Waals surface area contributed by atoms with Crippen LogP contribution in [-0.4, -0.2) is 13.0 Å². The van der Waals surface area contributed by atoms with Crippen molar-refractivity contribution < 1.29 is 22.7 Å². The van der Waals surface area contributed by atoms with Crippen LogP contribution in [0.25, 0.3) is 22.3 Å². The summed E-state index contributed by atoms with van der Waals surface area (Å²) < 4.78 is 38.0. The third kappa shape index (κ3) is 3.77. The predicted molar refractivity (Wildman–Crippen MR) is 109 cm³/mol. The first-order chi connectivity index (χ1) is 14.4. The quantitative estimate of drug-likeness (QED) is 0.517. The summed E-state index contributed by atoms with van der Waals surface area (Å²) in [5, 5.41) is 2.91. The SMILES string of the molecule is COc1ccc2oc(-c3ccc(NC(=O)c4cc(F)ccc4F)cc3)cc(=O)c2c1. The van der Waals surface area contributed by atoms with Crippen LogP contribution in [0.3, 0.4) is 0 Å². The minimum Gasteiger partial charge on any atom is -0.497 e. The average molecular weight is 407 g/mol. The Kier molecular flexibility index (Phi) is 5.02. The monoisotopic (exact) mass is 407 g/mol. The van der Waals surface area contributed by atoms with Crippen molar-refractivity contribution in [3.63, 3.8) is 0 Å². The number of methoxy groups -OCH3 is 1. The minimum absolute atomic E-state index is 0.218. The molecule has 0 spiro atoms. The summed E-state index contributed by atoms with van der Waals surface area (Å²) in [6.07, 6.45) is 0. The fourth-order valence-corrected chi connectivity index (χ4v) is 2.99. The molecule has 0 aliphatic rings. The van der Waals surface area contributed by atoms with E-state index in [1.165, 1.54) is 13.2 Å². The molecule has 1 aromatic heterocycles. The van der Waals surface area contributed by atoms with Gasteiger partial charge in [0.1, 0.15) is 28.7 Å². The van der Waals surface area contributed by atoms with Crippen LogP contribution in [0.4, 0.5) is 14.5 Å². The van der Waals surface area contributed by atoms with Gasteiger partial charge in [0.2, 0.25) is 0 Å². The standard InChI is InChI=1S/C23H15F2NO4/c1-29-16-7-9-21-18(11-16)20(27)12-22(30-21)13-2-5-15(6-3-13)26-23(28)17-10-14(24)4-8-19(17)25/h2-12H,1H3,(H,26,28). The molecular weight excluding hydrogens is 392 g/mol. The lowest BCUT2D eigenvalue weighted by Crippen LogP contribution is -2.14. The molecule has 0 unspecified atom stereocenters. The summed E-state index contributed by atoms with van der Waals surface area (Å²) >= 11 is 0. The number of hydrogen-bond acceptors (Lipinski definition) is 4. The maximum atomic E-state index is 13.7. The van der Waals surface area contributed by atoms with Gasteiger partial charge >= 0.3 is 0 Å². The number of hydrogen-bond donors (Lipinski definition) is 1. The van der Waals surface area contributed by atoms with E-state index in [0.29, 0.717) is 33.7 Å². The van der Waals surface area contributed by atoms with E-state index in [1.807, 2.05) is 0 Å². The number of carbonyl (C=O) groups excluding carboxylic acids is 1. The Morgan fingerprint density at radius 2 is 1.73 bits per heavy atom. The lowest BCUT2D eigenvalue weighted by Gasteiger charge is -2.08. The Morgan fingerprint density at radius 1 is 0.967 bits per heavy atom. The zero-order valence-corrected chi connectivity index (χ0v) is 15.7. The van der Waals surface area contributed by atoms with Crippen molar-refractivity contribution in [1.29, 1.82) is 0 Å². The van der Waals surface area contributed by atoms with Crippen LogP contribution < -0.4 is 15.5 Å². The first kappa shape index (κ1) is 19.3. The van der Waals surface area contributed by atoms with Gasteiger partial charge in [0.05, 0.1) is 18.1 Å². The highest BCUT2D eigenvalue weighted by atomic mass is 19.1. The van der Waals surface area contributed by atoms with Gasteiger partial charge in [-0.25, -0.2) is 8.78 Å². The lowest BCUT2D eigenvalue weighted by molar-refractivity contribution is 0.102. The highest BCUT2D eigenvalue weighted by molar-refractivity contribution is 6.04. The lowest BCUT2D eigenvalue weighted by atomic mass is 10.1. The molecule has 150 valence electrons. The van der Waals surface area contributed by atoms with Crippen LogP contribution in [0.5, 0.6) is 5.75 Å². The van der Waals surface area contributed by atoms with Crippen LogP contribution in [-0.2, 0) is 0 Å². The molecule has 5 nitrogen and oxygen atoms in total. The van der Waals surface area contributed by atoms with Crippen LogP contribution in [0.1, 0.15) is 10.4 Å². The summed E-state index contributed by atoms with van der Waals surface area (Å²) in [6, 6.07) is 15.4. The fourth-order valence-electron chi connectivity index (χ4n) is 2.99. The van der Waals surface area contributed by atoms with Crippen molar-refractivity contribution in [2.45, 2.75) is 0 Å². The van der Waals surface area contributed by atoms with Gasteiger partial charge in [-0.05, 0) is 60.7 Å². The molecule has 0 aliphatic heterocycles. The van der Waals surface area contributed by atoms with Gasteiger partial charge in [-0.3, -0.25) is 9.59 Å². The zero-order valence-electron chi connectivity index (χ0n) is 15.7. The van der Waals surface area contributed by atoms with Crippen molar-refractivity contribution in [2.24, 2.45) is 0 Å². The van der Waals surface area contributed by atoms with Crippen molar-refractivity contribution in [3.8, 4) is 17.1 Å². The number of rotatable bonds is 4. The van der Waals surface area contributed by atoms with Crippen LogP contribution in [0, 0.1) is 11.6 Å². The molecule has 1 N–H and O–H groups in total. The number of benzene rings is 3. The predicted octanol–water partition coefficient (Wildman–Crippen LogP) is 5.00. The van der Waals surface area contributed by atoms with Crippen molar-refractivity contribution >= 4 is 22.6 Å². The molecule has 30 heavy (non-hydrogen) atoms. The summed E-state index contributed by atoms with van der Waals surface area (Å²) in [5.74, 6) is -1.39. The number of amides is 1. The van der Waals surface area contributed by atoms with Crippen LogP contribution in [0.15, 0.2) is 75.9 Å². The smallest absolute Gasteiger partial charge is 0.258 e. The van der Waals surface area contributed by atoms with E-state index in [-0.39, 0.29) is 5.43 Å². The zero-order chi connectivity index (χ0) is 21.3. The molecule has 0 bridgehead atoms. The highest BCUT2D eigenvalue weighted by Crippen LogP contribution is 2.26.